The average Bonchev–Trinajstić information content (AvgIpc) is 2.84. The Morgan fingerprint density at radius 2 is 1.58 bits per heavy atom. The Morgan fingerprint density at radius 1 is 0.917 bits per heavy atom. The van der Waals surface area contributed by atoms with E-state index < -0.39 is 0 Å². The summed E-state index contributed by atoms with van der Waals surface area (Å²) >= 11 is 0. The van der Waals surface area contributed by atoms with Gasteiger partial charge in [-0.05, 0) is 68.3 Å². The van der Waals surface area contributed by atoms with Gasteiger partial charge in [-0.15, -0.1) is 0 Å². The SMILES string of the molecule is C=C(/C=C\C(=C)C1CCCC(C2CCC(C)CC2)CC1)OCCC. The first-order valence-corrected chi connectivity index (χ1v) is 10.3. The highest BCUT2D eigenvalue weighted by Crippen LogP contribution is 2.41. The Bertz CT molecular complexity index is 425. The smallest absolute Gasteiger partial charge is 0.112 e. The van der Waals surface area contributed by atoms with Gasteiger partial charge in [-0.2, -0.15) is 0 Å². The molecule has 2 fully saturated rings. The molecule has 0 radical (unpaired) electrons. The van der Waals surface area contributed by atoms with Gasteiger partial charge in [0.15, 0.2) is 0 Å². The van der Waals surface area contributed by atoms with E-state index in [-0.39, 0.29) is 0 Å². The molecule has 0 amide bonds. The number of hydrogen-bond acceptors (Lipinski definition) is 1. The molecular formula is C23H38O. The summed E-state index contributed by atoms with van der Waals surface area (Å²) in [5, 5.41) is 0. The molecule has 0 aromatic rings. The predicted octanol–water partition coefficient (Wildman–Crippen LogP) is 7.06. The minimum atomic E-state index is 0.660. The highest BCUT2D eigenvalue weighted by Gasteiger charge is 2.28. The molecule has 0 spiro atoms. The standard InChI is InChI=1S/C23H38O/c1-5-17-24-20(4)12-11-19(3)21-7-6-8-22(16-15-21)23-13-9-18(2)10-14-23/h11-12,18,21-23H,3-10,13-17H2,1-2H3/b12-11-. The van der Waals surface area contributed by atoms with Crippen molar-refractivity contribution >= 4 is 0 Å². The largest absolute Gasteiger partial charge is 0.494 e. The third kappa shape index (κ3) is 6.15. The van der Waals surface area contributed by atoms with Crippen LogP contribution in [-0.2, 0) is 4.74 Å². The Morgan fingerprint density at radius 3 is 2.29 bits per heavy atom. The van der Waals surface area contributed by atoms with Crippen molar-refractivity contribution in [3.63, 3.8) is 0 Å². The molecule has 0 aromatic carbocycles. The lowest BCUT2D eigenvalue weighted by Gasteiger charge is -2.32. The molecule has 2 aliphatic carbocycles. The van der Waals surface area contributed by atoms with E-state index >= 15 is 0 Å². The molecule has 0 aliphatic heterocycles. The van der Waals surface area contributed by atoms with E-state index in [9.17, 15) is 0 Å². The fourth-order valence-electron chi connectivity index (χ4n) is 4.55. The van der Waals surface area contributed by atoms with E-state index in [0.29, 0.717) is 5.92 Å². The van der Waals surface area contributed by atoms with Crippen LogP contribution < -0.4 is 0 Å². The number of rotatable bonds is 7. The minimum absolute atomic E-state index is 0.660. The van der Waals surface area contributed by atoms with Crippen LogP contribution in [0.15, 0.2) is 36.6 Å². The second kappa shape index (κ2) is 10.1. The lowest BCUT2D eigenvalue weighted by atomic mass is 9.74. The Hall–Kier alpha value is -0.980. The fraction of sp³-hybridized carbons (Fsp3) is 0.739. The van der Waals surface area contributed by atoms with Crippen molar-refractivity contribution < 1.29 is 4.74 Å². The summed E-state index contributed by atoms with van der Waals surface area (Å²) in [7, 11) is 0. The molecule has 1 nitrogen and oxygen atoms in total. The second-order valence-corrected chi connectivity index (χ2v) is 8.21. The van der Waals surface area contributed by atoms with Crippen LogP contribution in [0.1, 0.15) is 78.1 Å². The first kappa shape index (κ1) is 19.3. The molecule has 2 saturated carbocycles. The molecule has 136 valence electrons. The monoisotopic (exact) mass is 330 g/mol. The Kier molecular flexibility index (Phi) is 8.15. The maximum absolute atomic E-state index is 5.54. The number of allylic oxidation sites excluding steroid dienone is 3. The summed E-state index contributed by atoms with van der Waals surface area (Å²) in [5.41, 5.74) is 1.27. The minimum Gasteiger partial charge on any atom is -0.494 e. The Balaban J connectivity index is 1.78. The van der Waals surface area contributed by atoms with Crippen LogP contribution in [-0.4, -0.2) is 6.61 Å². The normalized spacial score (nSPS) is 31.6. The topological polar surface area (TPSA) is 9.23 Å². The molecule has 2 aliphatic rings. The van der Waals surface area contributed by atoms with Crippen molar-refractivity contribution in [2.45, 2.75) is 78.1 Å². The molecule has 2 unspecified atom stereocenters. The molecule has 0 N–H and O–H groups in total. The van der Waals surface area contributed by atoms with Crippen LogP contribution in [0.25, 0.3) is 0 Å². The van der Waals surface area contributed by atoms with Crippen molar-refractivity contribution in [3.05, 3.63) is 36.6 Å². The number of hydrogen-bond donors (Lipinski definition) is 0. The van der Waals surface area contributed by atoms with Gasteiger partial charge in [0.1, 0.15) is 5.76 Å². The van der Waals surface area contributed by atoms with Gasteiger partial charge in [0, 0.05) is 0 Å². The summed E-state index contributed by atoms with van der Waals surface area (Å²) in [5.74, 6) is 4.37. The van der Waals surface area contributed by atoms with Gasteiger partial charge in [-0.1, -0.05) is 64.3 Å². The van der Waals surface area contributed by atoms with Crippen LogP contribution in [0.5, 0.6) is 0 Å². The zero-order chi connectivity index (χ0) is 17.4. The van der Waals surface area contributed by atoms with Crippen LogP contribution >= 0.6 is 0 Å². The van der Waals surface area contributed by atoms with Crippen molar-refractivity contribution in [2.75, 3.05) is 6.61 Å². The van der Waals surface area contributed by atoms with Gasteiger partial charge < -0.3 is 4.74 Å². The fourth-order valence-corrected chi connectivity index (χ4v) is 4.55. The molecule has 1 heteroatoms. The van der Waals surface area contributed by atoms with Gasteiger partial charge >= 0.3 is 0 Å². The van der Waals surface area contributed by atoms with Gasteiger partial charge in [0.2, 0.25) is 0 Å². The van der Waals surface area contributed by atoms with E-state index in [4.69, 9.17) is 4.74 Å². The third-order valence-corrected chi connectivity index (χ3v) is 6.24. The predicted molar refractivity (Wildman–Crippen MR) is 105 cm³/mol. The van der Waals surface area contributed by atoms with Crippen LogP contribution in [0, 0.1) is 23.7 Å². The molecule has 0 aromatic heterocycles. The summed E-state index contributed by atoms with van der Waals surface area (Å²) in [6, 6.07) is 0. The molecular weight excluding hydrogens is 292 g/mol. The maximum atomic E-state index is 5.54. The summed E-state index contributed by atoms with van der Waals surface area (Å²) in [6.45, 7) is 13.6. The quantitative estimate of drug-likeness (QED) is 0.276. The summed E-state index contributed by atoms with van der Waals surface area (Å²) in [6.07, 6.45) is 17.9. The molecule has 0 heterocycles. The Labute approximate surface area is 150 Å². The van der Waals surface area contributed by atoms with E-state index in [1.807, 2.05) is 6.08 Å². The van der Waals surface area contributed by atoms with Crippen molar-refractivity contribution in [1.29, 1.82) is 0 Å². The van der Waals surface area contributed by atoms with Gasteiger partial charge in [-0.3, -0.25) is 0 Å². The van der Waals surface area contributed by atoms with Crippen LogP contribution in [0.3, 0.4) is 0 Å². The van der Waals surface area contributed by atoms with Crippen molar-refractivity contribution in [1.82, 2.24) is 0 Å². The van der Waals surface area contributed by atoms with E-state index in [0.717, 1.165) is 36.5 Å². The highest BCUT2D eigenvalue weighted by atomic mass is 16.5. The zero-order valence-electron chi connectivity index (χ0n) is 16.1. The van der Waals surface area contributed by atoms with E-state index in [2.05, 4.69) is 33.1 Å². The van der Waals surface area contributed by atoms with E-state index in [1.165, 1.54) is 63.4 Å². The zero-order valence-corrected chi connectivity index (χ0v) is 16.1. The average molecular weight is 331 g/mol. The first-order chi connectivity index (χ1) is 11.6. The van der Waals surface area contributed by atoms with E-state index in [1.54, 1.807) is 0 Å². The third-order valence-electron chi connectivity index (χ3n) is 6.24. The van der Waals surface area contributed by atoms with Gasteiger partial charge in [0.05, 0.1) is 6.61 Å². The molecule has 0 bridgehead atoms. The molecule has 24 heavy (non-hydrogen) atoms. The molecule has 2 rings (SSSR count). The highest BCUT2D eigenvalue weighted by molar-refractivity contribution is 5.23. The molecule has 2 atom stereocenters. The number of ether oxygens (including phenoxy) is 1. The maximum Gasteiger partial charge on any atom is 0.112 e. The van der Waals surface area contributed by atoms with Gasteiger partial charge in [-0.25, -0.2) is 0 Å². The summed E-state index contributed by atoms with van der Waals surface area (Å²) in [4.78, 5) is 0. The first-order valence-electron chi connectivity index (χ1n) is 10.3. The second-order valence-electron chi connectivity index (χ2n) is 8.21. The molecule has 0 saturated heterocycles. The van der Waals surface area contributed by atoms with Crippen LogP contribution in [0.4, 0.5) is 0 Å². The van der Waals surface area contributed by atoms with Crippen molar-refractivity contribution in [2.24, 2.45) is 23.7 Å². The van der Waals surface area contributed by atoms with Crippen molar-refractivity contribution in [3.8, 4) is 0 Å². The lowest BCUT2D eigenvalue weighted by molar-refractivity contribution is 0.195. The van der Waals surface area contributed by atoms with Gasteiger partial charge in [0.25, 0.3) is 0 Å². The lowest BCUT2D eigenvalue weighted by Crippen LogP contribution is -2.20. The summed E-state index contributed by atoms with van der Waals surface area (Å²) < 4.78 is 5.54. The van der Waals surface area contributed by atoms with Crippen LogP contribution in [0.2, 0.25) is 0 Å².